The van der Waals surface area contributed by atoms with E-state index in [4.69, 9.17) is 0 Å². The van der Waals surface area contributed by atoms with Crippen LogP contribution in [0.25, 0.3) is 11.1 Å². The smallest absolute Gasteiger partial charge is 0.0361 e. The maximum Gasteiger partial charge on any atom is 0.0361 e. The zero-order valence-corrected chi connectivity index (χ0v) is 18.6. The maximum atomic E-state index is 2.49. The first-order valence-corrected chi connectivity index (χ1v) is 12.9. The summed E-state index contributed by atoms with van der Waals surface area (Å²) in [5, 5.41) is 1.70. The Balaban J connectivity index is 1.71. The summed E-state index contributed by atoms with van der Waals surface area (Å²) in [6.45, 7) is 0. The van der Waals surface area contributed by atoms with E-state index in [1.54, 1.807) is 5.30 Å². The van der Waals surface area contributed by atoms with Gasteiger partial charge in [0.05, 0.1) is 0 Å². The van der Waals surface area contributed by atoms with Crippen LogP contribution in [-0.4, -0.2) is 25.4 Å². The zero-order chi connectivity index (χ0) is 19.3. The Morgan fingerprint density at radius 2 is 1.21 bits per heavy atom. The molecule has 150 valence electrons. The van der Waals surface area contributed by atoms with Gasteiger partial charge in [0, 0.05) is 19.8 Å². The van der Waals surface area contributed by atoms with E-state index >= 15 is 0 Å². The van der Waals surface area contributed by atoms with Crippen LogP contribution < -0.4 is 10.2 Å². The molecule has 0 saturated heterocycles. The van der Waals surface area contributed by atoms with Crippen molar-refractivity contribution in [2.45, 2.75) is 75.5 Å². The predicted molar refractivity (Wildman–Crippen MR) is 127 cm³/mol. The summed E-state index contributed by atoms with van der Waals surface area (Å²) in [4.78, 5) is 2.19. The van der Waals surface area contributed by atoms with Gasteiger partial charge in [-0.3, -0.25) is 0 Å². The third kappa shape index (κ3) is 4.46. The highest BCUT2D eigenvalue weighted by Crippen LogP contribution is 2.56. The molecule has 0 aliphatic heterocycles. The second-order valence-electron chi connectivity index (χ2n) is 8.95. The van der Waals surface area contributed by atoms with Crippen LogP contribution in [-0.2, 0) is 0 Å². The summed E-state index contributed by atoms with van der Waals surface area (Å²) in [6.07, 6.45) is 14.6. The first kappa shape index (κ1) is 20.0. The number of hydrogen-bond acceptors (Lipinski definition) is 1. The fourth-order valence-electron chi connectivity index (χ4n) is 5.29. The molecule has 0 atom stereocenters. The average molecular weight is 394 g/mol. The molecule has 28 heavy (non-hydrogen) atoms. The number of hydrogen-bond donors (Lipinski definition) is 0. The molecule has 0 radical (unpaired) electrons. The second kappa shape index (κ2) is 9.45. The lowest BCUT2D eigenvalue weighted by Crippen LogP contribution is -2.27. The number of nitrogens with zero attached hydrogens (tertiary/aromatic N) is 1. The van der Waals surface area contributed by atoms with Gasteiger partial charge in [-0.15, -0.1) is 0 Å². The van der Waals surface area contributed by atoms with Gasteiger partial charge in [-0.2, -0.15) is 0 Å². The van der Waals surface area contributed by atoms with E-state index < -0.39 is 0 Å². The summed E-state index contributed by atoms with van der Waals surface area (Å²) in [5.41, 5.74) is 6.10. The van der Waals surface area contributed by atoms with E-state index in [0.717, 1.165) is 11.3 Å². The standard InChI is InChI=1S/C26H36NP/c1-27(2)22-19-17-21(18-20-22)25-15-9-10-16-26(25)28(23-11-5-3-6-12-23)24-13-7-4-8-14-24/h9-10,15-20,23-24H,3-8,11-14H2,1-2H3. The summed E-state index contributed by atoms with van der Waals surface area (Å²) in [7, 11) is 4.17. The number of benzene rings is 2. The molecule has 2 aliphatic rings. The van der Waals surface area contributed by atoms with E-state index in [0.29, 0.717) is 0 Å². The van der Waals surface area contributed by atoms with Crippen molar-refractivity contribution in [2.24, 2.45) is 0 Å². The molecular weight excluding hydrogens is 357 g/mol. The number of anilines is 1. The Hall–Kier alpha value is -1.33. The molecule has 2 aromatic carbocycles. The van der Waals surface area contributed by atoms with Crippen LogP contribution in [0.2, 0.25) is 0 Å². The van der Waals surface area contributed by atoms with Crippen molar-refractivity contribution in [1.29, 1.82) is 0 Å². The molecule has 0 bridgehead atoms. The molecule has 2 aromatic rings. The van der Waals surface area contributed by atoms with Gasteiger partial charge < -0.3 is 4.90 Å². The summed E-state index contributed by atoms with van der Waals surface area (Å²) < 4.78 is 0. The third-order valence-corrected chi connectivity index (χ3v) is 10.4. The Morgan fingerprint density at radius 1 is 0.679 bits per heavy atom. The normalized spacial score (nSPS) is 19.1. The van der Waals surface area contributed by atoms with Gasteiger partial charge in [0.25, 0.3) is 0 Å². The molecule has 2 heteroatoms. The minimum atomic E-state index is -0.0670. The van der Waals surface area contributed by atoms with E-state index in [1.165, 1.54) is 81.0 Å². The molecule has 1 nitrogen and oxygen atoms in total. The first-order valence-electron chi connectivity index (χ1n) is 11.4. The maximum absolute atomic E-state index is 2.49. The molecule has 2 aliphatic carbocycles. The third-order valence-electron chi connectivity index (χ3n) is 6.81. The Labute approximate surface area is 173 Å². The average Bonchev–Trinajstić information content (AvgIpc) is 2.76. The van der Waals surface area contributed by atoms with Gasteiger partial charge in [0.2, 0.25) is 0 Å². The lowest BCUT2D eigenvalue weighted by atomic mass is 9.99. The Morgan fingerprint density at radius 3 is 1.75 bits per heavy atom. The SMILES string of the molecule is CN(C)c1ccc(-c2ccccc2P(C2CCCCC2)C2CCCCC2)cc1. The van der Waals surface area contributed by atoms with Crippen molar-refractivity contribution in [3.8, 4) is 11.1 Å². The first-order chi connectivity index (χ1) is 13.7. The van der Waals surface area contributed by atoms with Gasteiger partial charge in [-0.1, -0.05) is 82.8 Å². The Kier molecular flexibility index (Phi) is 6.73. The topological polar surface area (TPSA) is 3.24 Å². The molecule has 0 spiro atoms. The molecule has 2 fully saturated rings. The molecule has 0 aromatic heterocycles. The molecule has 4 rings (SSSR count). The molecule has 0 amide bonds. The van der Waals surface area contributed by atoms with Crippen LogP contribution in [0, 0.1) is 0 Å². The fourth-order valence-corrected chi connectivity index (χ4v) is 9.26. The molecular formula is C26H36NP. The second-order valence-corrected chi connectivity index (χ2v) is 11.7. The van der Waals surface area contributed by atoms with Crippen molar-refractivity contribution < 1.29 is 0 Å². The van der Waals surface area contributed by atoms with Crippen LogP contribution in [0.15, 0.2) is 48.5 Å². The van der Waals surface area contributed by atoms with E-state index in [2.05, 4.69) is 67.5 Å². The lowest BCUT2D eigenvalue weighted by Gasteiger charge is -2.39. The predicted octanol–water partition coefficient (Wildman–Crippen LogP) is 7.19. The lowest BCUT2D eigenvalue weighted by molar-refractivity contribution is 0.487. The highest BCUT2D eigenvalue weighted by atomic mass is 31.1. The summed E-state index contributed by atoms with van der Waals surface area (Å²) in [5.74, 6) is 0. The van der Waals surface area contributed by atoms with Gasteiger partial charge in [-0.25, -0.2) is 0 Å². The van der Waals surface area contributed by atoms with Crippen LogP contribution in [0.1, 0.15) is 64.2 Å². The minimum Gasteiger partial charge on any atom is -0.378 e. The minimum absolute atomic E-state index is 0.0670. The van der Waals surface area contributed by atoms with Crippen molar-refractivity contribution in [3.05, 3.63) is 48.5 Å². The fraction of sp³-hybridized carbons (Fsp3) is 0.538. The van der Waals surface area contributed by atoms with E-state index in [1.807, 2.05) is 0 Å². The monoisotopic (exact) mass is 393 g/mol. The van der Waals surface area contributed by atoms with Crippen molar-refractivity contribution >= 4 is 18.9 Å². The summed E-state index contributed by atoms with van der Waals surface area (Å²) in [6, 6.07) is 18.6. The number of rotatable bonds is 5. The van der Waals surface area contributed by atoms with E-state index in [9.17, 15) is 0 Å². The zero-order valence-electron chi connectivity index (χ0n) is 17.7. The largest absolute Gasteiger partial charge is 0.378 e. The molecule has 0 heterocycles. The van der Waals surface area contributed by atoms with Crippen molar-refractivity contribution in [1.82, 2.24) is 0 Å². The van der Waals surface area contributed by atoms with Gasteiger partial charge in [-0.05, 0) is 65.6 Å². The van der Waals surface area contributed by atoms with Crippen LogP contribution in [0.4, 0.5) is 5.69 Å². The van der Waals surface area contributed by atoms with Crippen LogP contribution in [0.3, 0.4) is 0 Å². The highest BCUT2D eigenvalue weighted by Gasteiger charge is 2.33. The van der Waals surface area contributed by atoms with Gasteiger partial charge in [0.1, 0.15) is 0 Å². The molecule has 2 saturated carbocycles. The van der Waals surface area contributed by atoms with Gasteiger partial charge >= 0.3 is 0 Å². The van der Waals surface area contributed by atoms with Crippen molar-refractivity contribution in [2.75, 3.05) is 19.0 Å². The highest BCUT2D eigenvalue weighted by molar-refractivity contribution is 7.67. The van der Waals surface area contributed by atoms with Gasteiger partial charge in [0.15, 0.2) is 0 Å². The molecule has 0 unspecified atom stereocenters. The molecule has 0 N–H and O–H groups in total. The van der Waals surface area contributed by atoms with Crippen LogP contribution in [0.5, 0.6) is 0 Å². The Bertz CT molecular complexity index is 721. The summed E-state index contributed by atoms with van der Waals surface area (Å²) >= 11 is 0. The van der Waals surface area contributed by atoms with E-state index in [-0.39, 0.29) is 7.92 Å². The van der Waals surface area contributed by atoms with Crippen LogP contribution >= 0.6 is 7.92 Å². The quantitative estimate of drug-likeness (QED) is 0.486. The van der Waals surface area contributed by atoms with Crippen molar-refractivity contribution in [3.63, 3.8) is 0 Å².